The average molecular weight is 157 g/mol. The Morgan fingerprint density at radius 2 is 2.45 bits per heavy atom. The van der Waals surface area contributed by atoms with Crippen molar-refractivity contribution < 1.29 is 9.94 Å². The van der Waals surface area contributed by atoms with Crippen LogP contribution in [0.15, 0.2) is 0 Å². The van der Waals surface area contributed by atoms with Gasteiger partial charge in [0.25, 0.3) is 0 Å². The van der Waals surface area contributed by atoms with Crippen molar-refractivity contribution >= 4 is 0 Å². The van der Waals surface area contributed by atoms with E-state index in [4.69, 9.17) is 9.94 Å². The summed E-state index contributed by atoms with van der Waals surface area (Å²) in [6.07, 6.45) is 2.62. The van der Waals surface area contributed by atoms with E-state index in [2.05, 4.69) is 0 Å². The largest absolute Gasteiger partial charge is 0.396 e. The van der Waals surface area contributed by atoms with Gasteiger partial charge in [0.1, 0.15) is 0 Å². The van der Waals surface area contributed by atoms with Crippen LogP contribution < -0.4 is 0 Å². The third kappa shape index (κ3) is 1.08. The number of aliphatic hydroxyl groups excluding tert-OH is 1. The first kappa shape index (κ1) is 7.53. The standard InChI is InChI=1S/C8H15NO2/c1-6-7(5-10)8-3-2-4-9(8)11-6/h6-8,10H,2-5H2,1H3/t6-,7-,8-/m0/s1. The molecule has 2 fully saturated rings. The lowest BCUT2D eigenvalue weighted by molar-refractivity contribution is -0.143. The predicted octanol–water partition coefficient (Wildman–Crippen LogP) is 0.393. The molecule has 64 valence electrons. The van der Waals surface area contributed by atoms with Gasteiger partial charge >= 0.3 is 0 Å². The molecule has 2 aliphatic rings. The Labute approximate surface area is 66.9 Å². The highest BCUT2D eigenvalue weighted by molar-refractivity contribution is 4.88. The van der Waals surface area contributed by atoms with Gasteiger partial charge in [-0.1, -0.05) is 0 Å². The Morgan fingerprint density at radius 3 is 3.18 bits per heavy atom. The maximum absolute atomic E-state index is 9.08. The number of nitrogens with zero attached hydrogens (tertiary/aromatic N) is 1. The minimum Gasteiger partial charge on any atom is -0.396 e. The summed E-state index contributed by atoms with van der Waals surface area (Å²) in [6, 6.07) is 0.495. The van der Waals surface area contributed by atoms with Crippen LogP contribution in [0.25, 0.3) is 0 Å². The highest BCUT2D eigenvalue weighted by Crippen LogP contribution is 2.34. The van der Waals surface area contributed by atoms with E-state index in [1.807, 2.05) is 12.0 Å². The fourth-order valence-electron chi connectivity index (χ4n) is 2.20. The normalized spacial score (nSPS) is 44.7. The average Bonchev–Trinajstić information content (AvgIpc) is 2.46. The summed E-state index contributed by atoms with van der Waals surface area (Å²) in [7, 11) is 0. The second-order valence-corrected chi connectivity index (χ2v) is 3.51. The van der Waals surface area contributed by atoms with Gasteiger partial charge in [-0.2, -0.15) is 5.06 Å². The highest BCUT2D eigenvalue weighted by atomic mass is 16.7. The van der Waals surface area contributed by atoms with E-state index in [0.717, 1.165) is 6.54 Å². The molecule has 3 heteroatoms. The van der Waals surface area contributed by atoms with Crippen LogP contribution in [-0.2, 0) is 4.84 Å². The minimum absolute atomic E-state index is 0.213. The van der Waals surface area contributed by atoms with Gasteiger partial charge in [-0.25, -0.2) is 0 Å². The van der Waals surface area contributed by atoms with Gasteiger partial charge in [-0.05, 0) is 19.8 Å². The van der Waals surface area contributed by atoms with E-state index in [1.165, 1.54) is 12.8 Å². The molecule has 3 atom stereocenters. The number of rotatable bonds is 1. The summed E-state index contributed by atoms with van der Waals surface area (Å²) >= 11 is 0. The molecule has 0 unspecified atom stereocenters. The Kier molecular flexibility index (Phi) is 1.87. The van der Waals surface area contributed by atoms with Crippen molar-refractivity contribution in [2.45, 2.75) is 31.9 Å². The Balaban J connectivity index is 2.07. The van der Waals surface area contributed by atoms with Crippen molar-refractivity contribution in [3.05, 3.63) is 0 Å². The zero-order valence-electron chi connectivity index (χ0n) is 6.86. The van der Waals surface area contributed by atoms with Crippen LogP contribution in [0.3, 0.4) is 0 Å². The first-order chi connectivity index (χ1) is 5.33. The molecule has 0 amide bonds. The quantitative estimate of drug-likeness (QED) is 0.597. The van der Waals surface area contributed by atoms with Crippen LogP contribution in [0.5, 0.6) is 0 Å². The Morgan fingerprint density at radius 1 is 1.64 bits per heavy atom. The van der Waals surface area contributed by atoms with Crippen molar-refractivity contribution in [2.75, 3.05) is 13.2 Å². The molecule has 1 N–H and O–H groups in total. The van der Waals surface area contributed by atoms with Crippen molar-refractivity contribution in [1.29, 1.82) is 0 Å². The maximum Gasteiger partial charge on any atom is 0.0831 e. The van der Waals surface area contributed by atoms with Crippen LogP contribution in [0.2, 0.25) is 0 Å². The molecule has 2 rings (SSSR count). The van der Waals surface area contributed by atoms with Gasteiger partial charge in [-0.15, -0.1) is 0 Å². The molecular formula is C8H15NO2. The highest BCUT2D eigenvalue weighted by Gasteiger charge is 2.42. The summed E-state index contributed by atoms with van der Waals surface area (Å²) in [5.74, 6) is 0.345. The first-order valence-corrected chi connectivity index (χ1v) is 4.37. The minimum atomic E-state index is 0.213. The van der Waals surface area contributed by atoms with Gasteiger partial charge < -0.3 is 5.11 Å². The molecule has 0 aromatic heterocycles. The van der Waals surface area contributed by atoms with E-state index in [0.29, 0.717) is 12.0 Å². The zero-order chi connectivity index (χ0) is 7.84. The van der Waals surface area contributed by atoms with Gasteiger partial charge in [0.2, 0.25) is 0 Å². The molecule has 0 saturated carbocycles. The molecule has 0 aromatic carbocycles. The van der Waals surface area contributed by atoms with Crippen LogP contribution in [0.4, 0.5) is 0 Å². The monoisotopic (exact) mass is 157 g/mol. The topological polar surface area (TPSA) is 32.7 Å². The van der Waals surface area contributed by atoms with Gasteiger partial charge in [0, 0.05) is 18.5 Å². The van der Waals surface area contributed by atoms with Gasteiger partial charge in [-0.3, -0.25) is 4.84 Å². The van der Waals surface area contributed by atoms with E-state index in [9.17, 15) is 0 Å². The molecule has 2 heterocycles. The Bertz CT molecular complexity index is 151. The molecule has 3 nitrogen and oxygen atoms in total. The van der Waals surface area contributed by atoms with Gasteiger partial charge in [0.05, 0.1) is 12.7 Å². The molecule has 0 spiro atoms. The number of hydrogen-bond donors (Lipinski definition) is 1. The summed E-state index contributed by atoms with van der Waals surface area (Å²) in [5, 5.41) is 11.1. The molecule has 11 heavy (non-hydrogen) atoms. The fourth-order valence-corrected chi connectivity index (χ4v) is 2.20. The lowest BCUT2D eigenvalue weighted by Crippen LogP contribution is -2.28. The smallest absolute Gasteiger partial charge is 0.0831 e. The number of fused-ring (bicyclic) bond motifs is 1. The van der Waals surface area contributed by atoms with Crippen molar-refractivity contribution in [3.8, 4) is 0 Å². The second-order valence-electron chi connectivity index (χ2n) is 3.51. The van der Waals surface area contributed by atoms with Crippen LogP contribution in [0.1, 0.15) is 19.8 Å². The third-order valence-corrected chi connectivity index (χ3v) is 2.86. The van der Waals surface area contributed by atoms with Crippen molar-refractivity contribution in [2.24, 2.45) is 5.92 Å². The summed E-state index contributed by atoms with van der Waals surface area (Å²) in [6.45, 7) is 3.35. The predicted molar refractivity (Wildman–Crippen MR) is 40.9 cm³/mol. The first-order valence-electron chi connectivity index (χ1n) is 4.37. The van der Waals surface area contributed by atoms with E-state index < -0.39 is 0 Å². The van der Waals surface area contributed by atoms with E-state index in [1.54, 1.807) is 0 Å². The molecule has 0 radical (unpaired) electrons. The van der Waals surface area contributed by atoms with Gasteiger partial charge in [0.15, 0.2) is 0 Å². The van der Waals surface area contributed by atoms with Crippen LogP contribution in [0, 0.1) is 5.92 Å². The van der Waals surface area contributed by atoms with Crippen LogP contribution in [-0.4, -0.2) is 35.5 Å². The Hall–Kier alpha value is -0.120. The van der Waals surface area contributed by atoms with Crippen molar-refractivity contribution in [1.82, 2.24) is 5.06 Å². The summed E-state index contributed by atoms with van der Waals surface area (Å²) in [5.41, 5.74) is 0. The molecule has 2 saturated heterocycles. The fraction of sp³-hybridized carbons (Fsp3) is 1.00. The molecule has 0 aliphatic carbocycles. The number of hydroxylamine groups is 2. The molecule has 0 aromatic rings. The molecule has 0 bridgehead atoms. The maximum atomic E-state index is 9.08. The summed E-state index contributed by atoms with van der Waals surface area (Å²) < 4.78 is 0. The van der Waals surface area contributed by atoms with Crippen molar-refractivity contribution in [3.63, 3.8) is 0 Å². The summed E-state index contributed by atoms with van der Waals surface area (Å²) in [4.78, 5) is 5.56. The number of hydrogen-bond acceptors (Lipinski definition) is 3. The zero-order valence-corrected chi connectivity index (χ0v) is 6.86. The lowest BCUT2D eigenvalue weighted by atomic mass is 9.95. The van der Waals surface area contributed by atoms with E-state index in [-0.39, 0.29) is 12.7 Å². The molecular weight excluding hydrogens is 142 g/mol. The third-order valence-electron chi connectivity index (χ3n) is 2.86. The van der Waals surface area contributed by atoms with E-state index >= 15 is 0 Å². The molecule has 2 aliphatic heterocycles. The number of aliphatic hydroxyl groups is 1. The SMILES string of the molecule is C[C@@H]1ON2CCC[C@H]2[C@H]1CO. The lowest BCUT2D eigenvalue weighted by Gasteiger charge is -2.14. The second kappa shape index (κ2) is 2.73. The van der Waals surface area contributed by atoms with Crippen LogP contribution >= 0.6 is 0 Å².